The average Bonchev–Trinajstić information content (AvgIpc) is 3.21. The van der Waals surface area contributed by atoms with Crippen molar-refractivity contribution in [2.24, 2.45) is 0 Å². The molecule has 2 aliphatic rings. The van der Waals surface area contributed by atoms with Crippen LogP contribution in [0.1, 0.15) is 37.3 Å². The smallest absolute Gasteiger partial charge is 0.307 e. The normalized spacial score (nSPS) is 16.6. The van der Waals surface area contributed by atoms with E-state index in [1.165, 1.54) is 5.56 Å². The Morgan fingerprint density at radius 1 is 1.03 bits per heavy atom. The summed E-state index contributed by atoms with van der Waals surface area (Å²) in [5.74, 6) is 0. The highest BCUT2D eigenvalue weighted by atomic mass is 35.5. The van der Waals surface area contributed by atoms with Crippen molar-refractivity contribution in [2.75, 3.05) is 36.4 Å². The van der Waals surface area contributed by atoms with E-state index >= 15 is 0 Å². The van der Waals surface area contributed by atoms with Crippen molar-refractivity contribution in [1.29, 1.82) is 5.26 Å². The molecule has 2 aliphatic heterocycles. The van der Waals surface area contributed by atoms with Crippen molar-refractivity contribution in [2.45, 2.75) is 31.6 Å². The third-order valence-electron chi connectivity index (χ3n) is 7.41. The summed E-state index contributed by atoms with van der Waals surface area (Å²) in [4.78, 5) is 17.9. The molecule has 184 valence electrons. The minimum atomic E-state index is -0.179. The molecule has 5 rings (SSSR count). The minimum Gasteiger partial charge on any atom is -0.307 e. The van der Waals surface area contributed by atoms with E-state index in [9.17, 15) is 10.1 Å². The van der Waals surface area contributed by atoms with E-state index in [1.54, 1.807) is 18.2 Å². The molecule has 1 fully saturated rings. The fourth-order valence-electron chi connectivity index (χ4n) is 5.51. The van der Waals surface area contributed by atoms with E-state index in [1.807, 2.05) is 41.3 Å². The Morgan fingerprint density at radius 2 is 1.81 bits per heavy atom. The molecule has 7 heteroatoms. The van der Waals surface area contributed by atoms with Gasteiger partial charge in [-0.2, -0.15) is 5.26 Å². The first-order valence-corrected chi connectivity index (χ1v) is 13.1. The van der Waals surface area contributed by atoms with Crippen LogP contribution in [0.3, 0.4) is 0 Å². The number of carbonyl (C=O) groups excluding carboxylic acids is 1. The molecule has 0 unspecified atom stereocenters. The highest BCUT2D eigenvalue weighted by molar-refractivity contribution is 6.42. The van der Waals surface area contributed by atoms with Gasteiger partial charge in [0.1, 0.15) is 0 Å². The molecule has 5 nitrogen and oxygen atoms in total. The van der Waals surface area contributed by atoms with Gasteiger partial charge in [-0.1, -0.05) is 48.3 Å². The van der Waals surface area contributed by atoms with Crippen molar-refractivity contribution < 1.29 is 4.79 Å². The second-order valence-electron chi connectivity index (χ2n) is 9.69. The monoisotopic (exact) mass is 518 g/mol. The highest BCUT2D eigenvalue weighted by Crippen LogP contribution is 2.48. The van der Waals surface area contributed by atoms with Crippen LogP contribution in [0.4, 0.5) is 16.2 Å². The molecule has 0 atom stereocenters. The van der Waals surface area contributed by atoms with Crippen molar-refractivity contribution in [1.82, 2.24) is 4.90 Å². The summed E-state index contributed by atoms with van der Waals surface area (Å²) < 4.78 is 0. The van der Waals surface area contributed by atoms with Gasteiger partial charge in [0.25, 0.3) is 0 Å². The van der Waals surface area contributed by atoms with Crippen LogP contribution in [-0.4, -0.2) is 37.1 Å². The maximum atomic E-state index is 13.5. The number of urea groups is 1. The van der Waals surface area contributed by atoms with Gasteiger partial charge in [-0.3, -0.25) is 4.90 Å². The number of hydrogen-bond donors (Lipinski definition) is 1. The van der Waals surface area contributed by atoms with Crippen LogP contribution in [0.25, 0.3) is 11.1 Å². The number of amides is 2. The number of hydrogen-bond acceptors (Lipinski definition) is 3. The lowest BCUT2D eigenvalue weighted by Gasteiger charge is -2.40. The van der Waals surface area contributed by atoms with Crippen LogP contribution in [0.5, 0.6) is 0 Å². The average molecular weight is 519 g/mol. The molecule has 3 aromatic carbocycles. The third-order valence-corrected chi connectivity index (χ3v) is 8.15. The molecule has 2 heterocycles. The molecule has 1 saturated heterocycles. The fourth-order valence-corrected chi connectivity index (χ4v) is 5.81. The van der Waals surface area contributed by atoms with Gasteiger partial charge in [0.15, 0.2) is 0 Å². The van der Waals surface area contributed by atoms with Crippen LogP contribution >= 0.6 is 23.2 Å². The summed E-state index contributed by atoms with van der Waals surface area (Å²) in [6.45, 7) is 5.99. The molecule has 0 radical (unpaired) electrons. The predicted octanol–water partition coefficient (Wildman–Crippen LogP) is 7.33. The van der Waals surface area contributed by atoms with Gasteiger partial charge < -0.3 is 10.2 Å². The Hall–Kier alpha value is -3.04. The second-order valence-corrected chi connectivity index (χ2v) is 10.5. The second kappa shape index (κ2) is 10.1. The van der Waals surface area contributed by atoms with E-state index in [0.29, 0.717) is 27.8 Å². The van der Waals surface area contributed by atoms with Gasteiger partial charge in [-0.15, -0.1) is 0 Å². The van der Waals surface area contributed by atoms with Gasteiger partial charge in [-0.25, -0.2) is 4.79 Å². The van der Waals surface area contributed by atoms with Crippen LogP contribution in [0.2, 0.25) is 10.0 Å². The van der Waals surface area contributed by atoms with Crippen molar-refractivity contribution in [3.05, 3.63) is 81.8 Å². The molecular formula is C29H28Cl2N4O. The Morgan fingerprint density at radius 3 is 2.53 bits per heavy atom. The van der Waals surface area contributed by atoms with Gasteiger partial charge in [0.05, 0.1) is 21.7 Å². The number of likely N-dealkylation sites (tertiary alicyclic amines) is 1. The number of fused-ring (bicyclic) bond motifs is 2. The van der Waals surface area contributed by atoms with E-state index in [-0.39, 0.29) is 11.4 Å². The van der Waals surface area contributed by atoms with E-state index < -0.39 is 0 Å². The molecule has 3 aromatic rings. The number of rotatable bonds is 4. The summed E-state index contributed by atoms with van der Waals surface area (Å²) in [5, 5.41) is 13.2. The number of piperidine rings is 1. The lowest BCUT2D eigenvalue weighted by molar-refractivity contribution is 0.166. The van der Waals surface area contributed by atoms with Crippen LogP contribution in [0.15, 0.2) is 60.7 Å². The number of benzene rings is 3. The summed E-state index contributed by atoms with van der Waals surface area (Å²) in [7, 11) is 0. The van der Waals surface area contributed by atoms with E-state index in [0.717, 1.165) is 55.7 Å². The first-order valence-electron chi connectivity index (χ1n) is 12.3. The summed E-state index contributed by atoms with van der Waals surface area (Å²) in [6.07, 6.45) is 3.14. The molecule has 36 heavy (non-hydrogen) atoms. The number of nitriles is 1. The van der Waals surface area contributed by atoms with Crippen LogP contribution < -0.4 is 10.2 Å². The standard InChI is InChI=1S/C29H28Cl2N4O/c1-2-12-34-13-10-29(11-14-34)19-35(28(36)33-23-7-8-25(30)26(31)17-23)27-9-6-22(16-24(27)29)21-5-3-4-20(15-21)18-32/h3-9,15-17H,2,10-14,19H2,1H3,(H,33,36). The van der Waals surface area contributed by atoms with Crippen molar-refractivity contribution in [3.63, 3.8) is 0 Å². The van der Waals surface area contributed by atoms with Gasteiger partial charge in [0, 0.05) is 23.3 Å². The molecule has 0 saturated carbocycles. The summed E-state index contributed by atoms with van der Waals surface area (Å²) in [5.41, 5.74) is 5.37. The number of anilines is 2. The molecule has 1 N–H and O–H groups in total. The lowest BCUT2D eigenvalue weighted by Crippen LogP contribution is -2.46. The SMILES string of the molecule is CCCN1CCC2(CC1)CN(C(=O)Nc1ccc(Cl)c(Cl)c1)c1ccc(-c3cccc(C#N)c3)cc12. The maximum Gasteiger partial charge on any atom is 0.326 e. The number of carbonyl (C=O) groups is 1. The molecule has 0 bridgehead atoms. The first-order chi connectivity index (χ1) is 17.4. The Labute approximate surface area is 222 Å². The third kappa shape index (κ3) is 4.69. The number of halogens is 2. The molecular weight excluding hydrogens is 491 g/mol. The van der Waals surface area contributed by atoms with Crippen LogP contribution in [0, 0.1) is 11.3 Å². The Bertz CT molecular complexity index is 1340. The van der Waals surface area contributed by atoms with E-state index in [2.05, 4.69) is 29.3 Å². The van der Waals surface area contributed by atoms with Crippen LogP contribution in [-0.2, 0) is 5.41 Å². The maximum absolute atomic E-state index is 13.5. The van der Waals surface area contributed by atoms with Gasteiger partial charge in [0.2, 0.25) is 0 Å². The fraction of sp³-hybridized carbons (Fsp3) is 0.310. The van der Waals surface area contributed by atoms with Gasteiger partial charge in [-0.05, 0) is 98.1 Å². The number of nitrogens with one attached hydrogen (secondary N) is 1. The topological polar surface area (TPSA) is 59.4 Å². The van der Waals surface area contributed by atoms with E-state index in [4.69, 9.17) is 23.2 Å². The quantitative estimate of drug-likeness (QED) is 0.393. The molecule has 2 amide bonds. The zero-order valence-corrected chi connectivity index (χ0v) is 21.7. The molecule has 0 aromatic heterocycles. The largest absolute Gasteiger partial charge is 0.326 e. The predicted molar refractivity (Wildman–Crippen MR) is 147 cm³/mol. The Kier molecular flexibility index (Phi) is 6.94. The molecule has 0 aliphatic carbocycles. The zero-order chi connectivity index (χ0) is 25.3. The zero-order valence-electron chi connectivity index (χ0n) is 20.2. The molecule has 1 spiro atoms. The van der Waals surface area contributed by atoms with Crippen molar-refractivity contribution in [3.8, 4) is 17.2 Å². The summed E-state index contributed by atoms with van der Waals surface area (Å²) in [6, 6.07) is 21.2. The highest BCUT2D eigenvalue weighted by Gasteiger charge is 2.46. The lowest BCUT2D eigenvalue weighted by atomic mass is 9.73. The van der Waals surface area contributed by atoms with Crippen molar-refractivity contribution >= 4 is 40.6 Å². The first kappa shape index (κ1) is 24.6. The Balaban J connectivity index is 1.50. The number of nitrogens with zero attached hydrogens (tertiary/aromatic N) is 3. The summed E-state index contributed by atoms with van der Waals surface area (Å²) >= 11 is 12.2. The minimum absolute atomic E-state index is 0.0998. The van der Waals surface area contributed by atoms with Gasteiger partial charge >= 0.3 is 6.03 Å².